The zero-order valence-corrected chi connectivity index (χ0v) is 18.4. The Kier molecular flexibility index (Phi) is 6.01. The van der Waals surface area contributed by atoms with E-state index in [1.807, 2.05) is 18.2 Å². The first-order valence-electron chi connectivity index (χ1n) is 11.3. The molecule has 0 radical (unpaired) electrons. The Morgan fingerprint density at radius 1 is 1.09 bits per heavy atom. The summed E-state index contributed by atoms with van der Waals surface area (Å²) in [5.41, 5.74) is 5.52. The van der Waals surface area contributed by atoms with Gasteiger partial charge in [-0.2, -0.15) is 4.98 Å². The van der Waals surface area contributed by atoms with Crippen molar-refractivity contribution < 1.29 is 14.1 Å². The Bertz CT molecular complexity index is 1060. The zero-order chi connectivity index (χ0) is 21.9. The van der Waals surface area contributed by atoms with E-state index in [1.165, 1.54) is 23.1 Å². The van der Waals surface area contributed by atoms with E-state index in [-0.39, 0.29) is 11.9 Å². The van der Waals surface area contributed by atoms with Gasteiger partial charge in [0.05, 0.1) is 12.7 Å². The molecule has 0 N–H and O–H groups in total. The molecule has 3 aromatic rings. The van der Waals surface area contributed by atoms with Crippen LogP contribution in [0.5, 0.6) is 0 Å². The normalized spacial score (nSPS) is 19.0. The molecule has 0 bridgehead atoms. The number of carbonyl (C=O) groups is 1. The van der Waals surface area contributed by atoms with E-state index in [1.54, 1.807) is 6.92 Å². The lowest BCUT2D eigenvalue weighted by Gasteiger charge is -2.37. The van der Waals surface area contributed by atoms with Crippen LogP contribution in [0, 0.1) is 0 Å². The minimum atomic E-state index is 0.110. The van der Waals surface area contributed by atoms with Gasteiger partial charge in [0.15, 0.2) is 12.1 Å². The fourth-order valence-corrected chi connectivity index (χ4v) is 4.65. The number of ketones is 1. The van der Waals surface area contributed by atoms with Crippen LogP contribution in [0.2, 0.25) is 0 Å². The summed E-state index contributed by atoms with van der Waals surface area (Å²) in [6, 6.07) is 14.3. The summed E-state index contributed by atoms with van der Waals surface area (Å²) in [6.45, 7) is 7.43. The maximum absolute atomic E-state index is 11.5. The van der Waals surface area contributed by atoms with Gasteiger partial charge < -0.3 is 14.2 Å². The highest BCUT2D eigenvalue weighted by atomic mass is 16.5. The van der Waals surface area contributed by atoms with Gasteiger partial charge in [0.25, 0.3) is 5.89 Å². The molecule has 166 valence electrons. The summed E-state index contributed by atoms with van der Waals surface area (Å²) in [5, 5.41) is 3.71. The van der Waals surface area contributed by atoms with Gasteiger partial charge in [-0.15, -0.1) is 0 Å². The third-order valence-electron chi connectivity index (χ3n) is 6.51. The lowest BCUT2D eigenvalue weighted by atomic mass is 9.93. The molecule has 0 amide bonds. The average molecular weight is 433 g/mol. The summed E-state index contributed by atoms with van der Waals surface area (Å²) >= 11 is 0. The number of hydrogen-bond acceptors (Lipinski definition) is 7. The molecule has 32 heavy (non-hydrogen) atoms. The molecular formula is C25H28N4O3. The fourth-order valence-electron chi connectivity index (χ4n) is 4.65. The summed E-state index contributed by atoms with van der Waals surface area (Å²) in [5.74, 6) is 0.670. The number of piperazine rings is 1. The Morgan fingerprint density at radius 3 is 2.62 bits per heavy atom. The van der Waals surface area contributed by atoms with Crippen molar-refractivity contribution in [2.24, 2.45) is 0 Å². The molecule has 0 aliphatic carbocycles. The van der Waals surface area contributed by atoms with Gasteiger partial charge in [-0.1, -0.05) is 11.2 Å². The molecule has 2 aliphatic rings. The molecule has 2 aliphatic heterocycles. The number of nitrogens with zero attached hydrogens (tertiary/aromatic N) is 4. The highest BCUT2D eigenvalue weighted by Crippen LogP contribution is 2.32. The van der Waals surface area contributed by atoms with E-state index in [2.05, 4.69) is 44.2 Å². The lowest BCUT2D eigenvalue weighted by Crippen LogP contribution is -2.47. The van der Waals surface area contributed by atoms with Gasteiger partial charge in [0, 0.05) is 49.5 Å². The van der Waals surface area contributed by atoms with E-state index >= 15 is 0 Å². The summed E-state index contributed by atoms with van der Waals surface area (Å²) in [6.07, 6.45) is 3.46. The number of hydrogen-bond donors (Lipinski definition) is 0. The van der Waals surface area contributed by atoms with Gasteiger partial charge in [-0.3, -0.25) is 9.69 Å². The van der Waals surface area contributed by atoms with Crippen LogP contribution in [0.25, 0.3) is 11.5 Å². The number of fused-ring (bicyclic) bond motifs is 1. The van der Waals surface area contributed by atoms with Crippen molar-refractivity contribution in [2.45, 2.75) is 25.9 Å². The average Bonchev–Trinajstić information content (AvgIpc) is 3.38. The second-order valence-corrected chi connectivity index (χ2v) is 8.49. The molecule has 5 rings (SSSR count). The maximum Gasteiger partial charge on any atom is 0.257 e. The fraction of sp³-hybridized carbons (Fsp3) is 0.400. The van der Waals surface area contributed by atoms with E-state index < -0.39 is 0 Å². The minimum absolute atomic E-state index is 0.110. The van der Waals surface area contributed by atoms with Gasteiger partial charge in [0.1, 0.15) is 0 Å². The highest BCUT2D eigenvalue weighted by molar-refractivity contribution is 5.94. The number of rotatable bonds is 6. The maximum atomic E-state index is 11.5. The number of aromatic nitrogens is 2. The van der Waals surface area contributed by atoms with Crippen molar-refractivity contribution in [3.63, 3.8) is 0 Å². The number of Topliss-reactive ketones (excluding diaryl/α,β-unsaturated/α-hetero) is 1. The molecule has 7 heteroatoms. The third-order valence-corrected chi connectivity index (χ3v) is 6.51. The van der Waals surface area contributed by atoms with E-state index in [0.717, 1.165) is 63.3 Å². The standard InChI is InChI=1S/C25H28N4O3/c1-18(30)19-2-5-22(6-3-19)29-13-11-28(12-14-29)10-8-24-23-7-4-21(25-26-17-27-32-25)16-20(23)9-15-31-24/h2-7,16-17,24H,8-15H2,1H3. The predicted octanol–water partition coefficient (Wildman–Crippen LogP) is 3.77. The molecule has 1 unspecified atom stereocenters. The van der Waals surface area contributed by atoms with Crippen molar-refractivity contribution >= 4 is 11.5 Å². The van der Waals surface area contributed by atoms with Crippen LogP contribution in [0.4, 0.5) is 5.69 Å². The minimum Gasteiger partial charge on any atom is -0.373 e. The van der Waals surface area contributed by atoms with Crippen LogP contribution in [-0.2, 0) is 11.2 Å². The number of ether oxygens (including phenoxy) is 1. The molecular weight excluding hydrogens is 404 g/mol. The Hall–Kier alpha value is -3.03. The van der Waals surface area contributed by atoms with Gasteiger partial charge in [-0.05, 0) is 67.3 Å². The molecule has 3 heterocycles. The first-order chi connectivity index (χ1) is 15.7. The first kappa shape index (κ1) is 20.8. The van der Waals surface area contributed by atoms with E-state index in [0.29, 0.717) is 5.89 Å². The first-order valence-corrected chi connectivity index (χ1v) is 11.3. The second-order valence-electron chi connectivity index (χ2n) is 8.49. The van der Waals surface area contributed by atoms with Crippen LogP contribution in [0.3, 0.4) is 0 Å². The Labute approximate surface area is 188 Å². The summed E-state index contributed by atoms with van der Waals surface area (Å²) in [7, 11) is 0. The van der Waals surface area contributed by atoms with Gasteiger partial charge in [0.2, 0.25) is 0 Å². The highest BCUT2D eigenvalue weighted by Gasteiger charge is 2.24. The number of carbonyl (C=O) groups excluding carboxylic acids is 1. The molecule has 1 aromatic heterocycles. The number of benzene rings is 2. The SMILES string of the molecule is CC(=O)c1ccc(N2CCN(CCC3OCCc4cc(-c5ncno5)ccc43)CC2)cc1. The smallest absolute Gasteiger partial charge is 0.257 e. The van der Waals surface area contributed by atoms with Crippen molar-refractivity contribution in [3.05, 3.63) is 65.5 Å². The van der Waals surface area contributed by atoms with Crippen LogP contribution in [0.15, 0.2) is 53.3 Å². The van der Waals surface area contributed by atoms with E-state index in [9.17, 15) is 4.79 Å². The topological polar surface area (TPSA) is 71.7 Å². The van der Waals surface area contributed by atoms with Gasteiger partial charge in [-0.25, -0.2) is 0 Å². The predicted molar refractivity (Wildman–Crippen MR) is 122 cm³/mol. The molecule has 1 atom stereocenters. The second kappa shape index (κ2) is 9.22. The monoisotopic (exact) mass is 432 g/mol. The molecule has 1 saturated heterocycles. The van der Waals surface area contributed by atoms with Gasteiger partial charge >= 0.3 is 0 Å². The van der Waals surface area contributed by atoms with Crippen LogP contribution < -0.4 is 4.90 Å². The summed E-state index contributed by atoms with van der Waals surface area (Å²) < 4.78 is 11.3. The molecule has 7 nitrogen and oxygen atoms in total. The van der Waals surface area contributed by atoms with Crippen LogP contribution in [-0.4, -0.2) is 60.2 Å². The van der Waals surface area contributed by atoms with Crippen molar-refractivity contribution in [1.82, 2.24) is 15.0 Å². The van der Waals surface area contributed by atoms with Crippen LogP contribution >= 0.6 is 0 Å². The molecule has 2 aromatic carbocycles. The number of anilines is 1. The molecule has 1 fully saturated rings. The summed E-state index contributed by atoms with van der Waals surface area (Å²) in [4.78, 5) is 20.6. The van der Waals surface area contributed by atoms with Crippen molar-refractivity contribution in [1.29, 1.82) is 0 Å². The lowest BCUT2D eigenvalue weighted by molar-refractivity contribution is 0.0289. The van der Waals surface area contributed by atoms with Crippen molar-refractivity contribution in [2.75, 3.05) is 44.2 Å². The van der Waals surface area contributed by atoms with Crippen molar-refractivity contribution in [3.8, 4) is 11.5 Å². The quantitative estimate of drug-likeness (QED) is 0.549. The van der Waals surface area contributed by atoms with E-state index in [4.69, 9.17) is 9.26 Å². The Balaban J connectivity index is 1.16. The largest absolute Gasteiger partial charge is 0.373 e. The Morgan fingerprint density at radius 2 is 1.91 bits per heavy atom. The zero-order valence-electron chi connectivity index (χ0n) is 18.4. The molecule has 0 saturated carbocycles. The van der Waals surface area contributed by atoms with Crippen LogP contribution in [0.1, 0.15) is 40.9 Å². The third kappa shape index (κ3) is 4.45. The molecule has 0 spiro atoms.